The van der Waals surface area contributed by atoms with Crippen LogP contribution in [-0.2, 0) is 23.3 Å². The van der Waals surface area contributed by atoms with Crippen LogP contribution in [0.3, 0.4) is 0 Å². The molecule has 0 radical (unpaired) electrons. The van der Waals surface area contributed by atoms with E-state index in [4.69, 9.17) is 0 Å². The monoisotopic (exact) mass is 347 g/mol. The van der Waals surface area contributed by atoms with Gasteiger partial charge in [0, 0.05) is 30.0 Å². The maximum absolute atomic E-state index is 12.5. The number of hydrogen-bond donors (Lipinski definition) is 1. The molecule has 2 aromatic heterocycles. The molecule has 3 heterocycles. The quantitative estimate of drug-likeness (QED) is 0.849. The number of imidazole rings is 1. The summed E-state index contributed by atoms with van der Waals surface area (Å²) in [5.74, 6) is 0.363. The van der Waals surface area contributed by atoms with E-state index in [1.165, 1.54) is 18.1 Å². The normalized spacial score (nSPS) is 14.5. The van der Waals surface area contributed by atoms with E-state index < -0.39 is 0 Å². The minimum atomic E-state index is -0.103. The molecule has 0 bridgehead atoms. The number of H-pyrrole nitrogens is 1. The summed E-state index contributed by atoms with van der Waals surface area (Å²) < 4.78 is 2.07. The van der Waals surface area contributed by atoms with Crippen molar-refractivity contribution in [2.75, 3.05) is 12.3 Å². The average Bonchev–Trinajstić information content (AvgIpc) is 3.01. The van der Waals surface area contributed by atoms with Crippen molar-refractivity contribution in [1.82, 2.24) is 24.4 Å². The first-order valence-corrected chi connectivity index (χ1v) is 8.84. The fourth-order valence-electron chi connectivity index (χ4n) is 2.70. The summed E-state index contributed by atoms with van der Waals surface area (Å²) in [6, 6.07) is 0. The third-order valence-corrected chi connectivity index (χ3v) is 4.97. The predicted octanol–water partition coefficient (Wildman–Crippen LogP) is 1.40. The molecule has 0 fully saturated rings. The van der Waals surface area contributed by atoms with Crippen LogP contribution in [0.1, 0.15) is 32.0 Å². The number of hydrogen-bond acceptors (Lipinski definition) is 5. The molecule has 0 atom stereocenters. The van der Waals surface area contributed by atoms with Gasteiger partial charge in [0.15, 0.2) is 5.16 Å². The van der Waals surface area contributed by atoms with Gasteiger partial charge in [-0.05, 0) is 27.2 Å². The van der Waals surface area contributed by atoms with E-state index in [2.05, 4.69) is 40.3 Å². The Balaban J connectivity index is 1.65. The molecule has 1 amide bonds. The number of nitrogens with zero attached hydrogens (tertiary/aromatic N) is 4. The molecule has 128 valence electrons. The Hall–Kier alpha value is -2.09. The molecular formula is C16H21N5O2S. The summed E-state index contributed by atoms with van der Waals surface area (Å²) in [5.41, 5.74) is 1.21. The first-order chi connectivity index (χ1) is 11.4. The summed E-state index contributed by atoms with van der Waals surface area (Å²) in [6.45, 7) is 7.25. The number of nitrogens with one attached hydrogen (secondary N) is 1. The second kappa shape index (κ2) is 6.43. The molecule has 0 spiro atoms. The van der Waals surface area contributed by atoms with Gasteiger partial charge in [0.2, 0.25) is 5.91 Å². The van der Waals surface area contributed by atoms with Crippen LogP contribution in [0.25, 0.3) is 0 Å². The minimum Gasteiger partial charge on any atom is -0.336 e. The van der Waals surface area contributed by atoms with Crippen molar-refractivity contribution in [3.8, 4) is 0 Å². The van der Waals surface area contributed by atoms with Crippen molar-refractivity contribution in [2.45, 2.75) is 44.4 Å². The molecule has 0 aliphatic carbocycles. The number of aromatic amines is 1. The van der Waals surface area contributed by atoms with Gasteiger partial charge in [0.25, 0.3) is 5.56 Å². The number of rotatable bonds is 3. The lowest BCUT2D eigenvalue weighted by molar-refractivity contribution is -0.129. The Labute approximate surface area is 144 Å². The summed E-state index contributed by atoms with van der Waals surface area (Å²) in [4.78, 5) is 37.1. The third kappa shape index (κ3) is 3.38. The summed E-state index contributed by atoms with van der Waals surface area (Å²) in [5, 5.41) is 0.836. The van der Waals surface area contributed by atoms with Gasteiger partial charge in [-0.3, -0.25) is 9.59 Å². The topological polar surface area (TPSA) is 83.9 Å². The van der Waals surface area contributed by atoms with E-state index in [1.807, 2.05) is 6.20 Å². The second-order valence-electron chi connectivity index (χ2n) is 6.76. The number of amides is 1. The van der Waals surface area contributed by atoms with E-state index in [0.717, 1.165) is 5.16 Å². The smallest absolute Gasteiger partial charge is 0.254 e. The van der Waals surface area contributed by atoms with Crippen LogP contribution in [0.15, 0.2) is 28.7 Å². The van der Waals surface area contributed by atoms with Gasteiger partial charge in [0.05, 0.1) is 24.3 Å². The molecule has 1 aliphatic heterocycles. The summed E-state index contributed by atoms with van der Waals surface area (Å²) in [6.07, 6.45) is 5.63. The number of carbonyl (C=O) groups is 1. The van der Waals surface area contributed by atoms with Gasteiger partial charge < -0.3 is 14.5 Å². The van der Waals surface area contributed by atoms with Crippen LogP contribution in [0.4, 0.5) is 0 Å². The zero-order chi connectivity index (χ0) is 17.3. The highest BCUT2D eigenvalue weighted by atomic mass is 32.2. The van der Waals surface area contributed by atoms with Crippen molar-refractivity contribution >= 4 is 17.7 Å². The van der Waals surface area contributed by atoms with Crippen LogP contribution in [-0.4, -0.2) is 42.6 Å². The van der Waals surface area contributed by atoms with Gasteiger partial charge in [-0.1, -0.05) is 11.8 Å². The number of fused-ring (bicyclic) bond motifs is 1. The van der Waals surface area contributed by atoms with Crippen LogP contribution < -0.4 is 5.56 Å². The highest BCUT2D eigenvalue weighted by Crippen LogP contribution is 2.24. The van der Waals surface area contributed by atoms with Gasteiger partial charge in [-0.25, -0.2) is 9.97 Å². The number of thioether (sulfide) groups is 1. The largest absolute Gasteiger partial charge is 0.336 e. The van der Waals surface area contributed by atoms with Crippen molar-refractivity contribution in [1.29, 1.82) is 0 Å². The van der Waals surface area contributed by atoms with E-state index >= 15 is 0 Å². The van der Waals surface area contributed by atoms with Gasteiger partial charge in [0.1, 0.15) is 0 Å². The molecule has 8 heteroatoms. The molecule has 3 rings (SSSR count). The van der Waals surface area contributed by atoms with Gasteiger partial charge in [-0.15, -0.1) is 0 Å². The Morgan fingerprint density at radius 2 is 2.17 bits per heavy atom. The Kier molecular flexibility index (Phi) is 4.49. The SMILES string of the molecule is CC(C)(C)n1ccnc1SCC(=O)N1CCc2c(nc[nH]c2=O)C1. The molecule has 1 N–H and O–H groups in total. The van der Waals surface area contributed by atoms with Crippen LogP contribution in [0, 0.1) is 0 Å². The Morgan fingerprint density at radius 3 is 2.92 bits per heavy atom. The van der Waals surface area contributed by atoms with E-state index in [9.17, 15) is 9.59 Å². The standard InChI is InChI=1S/C16H21N5O2S/c1-16(2,3)21-7-5-17-15(21)24-9-13(22)20-6-4-11-12(8-20)18-10-19-14(11)23/h5,7,10H,4,6,8-9H2,1-3H3,(H,18,19,23). The Bertz CT molecular complexity index is 805. The highest BCUT2D eigenvalue weighted by molar-refractivity contribution is 7.99. The van der Waals surface area contributed by atoms with Crippen LogP contribution in [0.2, 0.25) is 0 Å². The lowest BCUT2D eigenvalue weighted by atomic mass is 10.1. The molecule has 0 saturated heterocycles. The van der Waals surface area contributed by atoms with Crippen molar-refractivity contribution in [3.05, 3.63) is 40.3 Å². The zero-order valence-electron chi connectivity index (χ0n) is 14.1. The summed E-state index contributed by atoms with van der Waals surface area (Å²) >= 11 is 1.44. The number of carbonyl (C=O) groups excluding carboxylic acids is 1. The average molecular weight is 347 g/mol. The van der Waals surface area contributed by atoms with Gasteiger partial charge >= 0.3 is 0 Å². The molecule has 0 saturated carbocycles. The fraction of sp³-hybridized carbons (Fsp3) is 0.500. The van der Waals surface area contributed by atoms with Crippen LogP contribution >= 0.6 is 11.8 Å². The molecular weight excluding hydrogens is 326 g/mol. The highest BCUT2D eigenvalue weighted by Gasteiger charge is 2.24. The first-order valence-electron chi connectivity index (χ1n) is 7.86. The molecule has 0 unspecified atom stereocenters. The fourth-order valence-corrected chi connectivity index (χ4v) is 3.75. The molecule has 0 aromatic carbocycles. The molecule has 1 aliphatic rings. The minimum absolute atomic E-state index is 0.0381. The maximum atomic E-state index is 12.5. The number of aromatic nitrogens is 4. The molecule has 7 nitrogen and oxygen atoms in total. The maximum Gasteiger partial charge on any atom is 0.254 e. The van der Waals surface area contributed by atoms with E-state index in [1.54, 1.807) is 11.1 Å². The zero-order valence-corrected chi connectivity index (χ0v) is 14.9. The third-order valence-electron chi connectivity index (χ3n) is 4.02. The van der Waals surface area contributed by atoms with Crippen LogP contribution in [0.5, 0.6) is 0 Å². The van der Waals surface area contributed by atoms with Gasteiger partial charge in [-0.2, -0.15) is 0 Å². The summed E-state index contributed by atoms with van der Waals surface area (Å²) in [7, 11) is 0. The second-order valence-corrected chi connectivity index (χ2v) is 7.70. The van der Waals surface area contributed by atoms with Crippen molar-refractivity contribution in [2.24, 2.45) is 0 Å². The first kappa shape index (κ1) is 16.8. The molecule has 2 aromatic rings. The van der Waals surface area contributed by atoms with Crippen molar-refractivity contribution in [3.63, 3.8) is 0 Å². The van der Waals surface area contributed by atoms with E-state index in [0.29, 0.717) is 36.5 Å². The lowest BCUT2D eigenvalue weighted by Gasteiger charge is -2.27. The molecule has 24 heavy (non-hydrogen) atoms. The Morgan fingerprint density at radius 1 is 1.38 bits per heavy atom. The van der Waals surface area contributed by atoms with Crippen molar-refractivity contribution < 1.29 is 4.79 Å². The predicted molar refractivity (Wildman–Crippen MR) is 91.9 cm³/mol. The van der Waals surface area contributed by atoms with E-state index in [-0.39, 0.29) is 17.0 Å². The lowest BCUT2D eigenvalue weighted by Crippen LogP contribution is -2.39.